The summed E-state index contributed by atoms with van der Waals surface area (Å²) in [5, 5.41) is 22.8. The molecule has 0 aliphatic carbocycles. The van der Waals surface area contributed by atoms with Gasteiger partial charge in [0.2, 0.25) is 0 Å². The SMILES string of the molecule is OC(c1ccccc1)C(CC(c1ccc(F)cc1)N1CCCCC1)C(O)c1ccccc1. The zero-order valence-electron chi connectivity index (χ0n) is 18.4. The fourth-order valence-electron chi connectivity index (χ4n) is 4.89. The van der Waals surface area contributed by atoms with E-state index in [2.05, 4.69) is 4.90 Å². The first-order valence-electron chi connectivity index (χ1n) is 11.6. The highest BCUT2D eigenvalue weighted by atomic mass is 19.1. The van der Waals surface area contributed by atoms with E-state index >= 15 is 0 Å². The van der Waals surface area contributed by atoms with Gasteiger partial charge in [-0.05, 0) is 61.2 Å². The van der Waals surface area contributed by atoms with Crippen molar-refractivity contribution in [2.75, 3.05) is 13.1 Å². The minimum absolute atomic E-state index is 0.00220. The monoisotopic (exact) mass is 433 g/mol. The second kappa shape index (κ2) is 10.9. The molecule has 0 saturated carbocycles. The molecular formula is C28H32FNO2. The van der Waals surface area contributed by atoms with E-state index in [-0.39, 0.29) is 11.9 Å². The van der Waals surface area contributed by atoms with Gasteiger partial charge in [0.25, 0.3) is 0 Å². The van der Waals surface area contributed by atoms with E-state index in [1.165, 1.54) is 18.6 Å². The fourth-order valence-corrected chi connectivity index (χ4v) is 4.89. The highest BCUT2D eigenvalue weighted by Crippen LogP contribution is 2.41. The molecule has 168 valence electrons. The lowest BCUT2D eigenvalue weighted by atomic mass is 9.80. The molecule has 1 heterocycles. The summed E-state index contributed by atoms with van der Waals surface area (Å²) in [5.74, 6) is -0.673. The molecule has 4 rings (SSSR count). The average molecular weight is 434 g/mol. The van der Waals surface area contributed by atoms with Crippen molar-refractivity contribution in [1.82, 2.24) is 4.90 Å². The summed E-state index contributed by atoms with van der Waals surface area (Å²) in [7, 11) is 0. The van der Waals surface area contributed by atoms with Crippen LogP contribution in [0.4, 0.5) is 4.39 Å². The number of rotatable bonds is 8. The van der Waals surface area contributed by atoms with Crippen LogP contribution in [-0.2, 0) is 0 Å². The molecule has 0 aromatic heterocycles. The van der Waals surface area contributed by atoms with Gasteiger partial charge in [0.15, 0.2) is 0 Å². The Balaban J connectivity index is 1.69. The van der Waals surface area contributed by atoms with Crippen LogP contribution in [0.5, 0.6) is 0 Å². The van der Waals surface area contributed by atoms with E-state index in [1.54, 1.807) is 0 Å². The minimum Gasteiger partial charge on any atom is -0.388 e. The Hall–Kier alpha value is -2.53. The lowest BCUT2D eigenvalue weighted by Gasteiger charge is -2.39. The molecule has 3 atom stereocenters. The van der Waals surface area contributed by atoms with Crippen LogP contribution in [0.25, 0.3) is 0 Å². The molecule has 3 nitrogen and oxygen atoms in total. The molecular weight excluding hydrogens is 401 g/mol. The normalized spacial score (nSPS) is 18.6. The van der Waals surface area contributed by atoms with E-state index < -0.39 is 18.1 Å². The number of aliphatic hydroxyl groups excluding tert-OH is 2. The number of halogens is 1. The third kappa shape index (κ3) is 5.44. The van der Waals surface area contributed by atoms with Crippen molar-refractivity contribution >= 4 is 0 Å². The molecule has 0 bridgehead atoms. The Kier molecular flexibility index (Phi) is 7.69. The van der Waals surface area contributed by atoms with Gasteiger partial charge in [0.05, 0.1) is 12.2 Å². The van der Waals surface area contributed by atoms with Gasteiger partial charge in [-0.15, -0.1) is 0 Å². The Morgan fingerprint density at radius 3 is 1.66 bits per heavy atom. The van der Waals surface area contributed by atoms with Gasteiger partial charge in [0.1, 0.15) is 5.82 Å². The first-order valence-corrected chi connectivity index (χ1v) is 11.6. The number of benzene rings is 3. The van der Waals surface area contributed by atoms with E-state index in [4.69, 9.17) is 0 Å². The topological polar surface area (TPSA) is 43.7 Å². The summed E-state index contributed by atoms with van der Waals surface area (Å²) in [6, 6.07) is 25.8. The van der Waals surface area contributed by atoms with Gasteiger partial charge in [0, 0.05) is 12.0 Å². The number of hydrogen-bond acceptors (Lipinski definition) is 3. The number of aliphatic hydroxyl groups is 2. The van der Waals surface area contributed by atoms with Crippen LogP contribution < -0.4 is 0 Å². The van der Waals surface area contributed by atoms with Crippen LogP contribution in [0, 0.1) is 11.7 Å². The van der Waals surface area contributed by atoms with Crippen molar-refractivity contribution in [3.8, 4) is 0 Å². The number of piperidine rings is 1. The molecule has 4 heteroatoms. The lowest BCUT2D eigenvalue weighted by molar-refractivity contribution is -0.0125. The lowest BCUT2D eigenvalue weighted by Crippen LogP contribution is -2.36. The van der Waals surface area contributed by atoms with Crippen LogP contribution in [0.15, 0.2) is 84.9 Å². The Morgan fingerprint density at radius 1 is 0.656 bits per heavy atom. The molecule has 3 unspecified atom stereocenters. The zero-order chi connectivity index (χ0) is 22.3. The van der Waals surface area contributed by atoms with Gasteiger partial charge in [-0.25, -0.2) is 4.39 Å². The second-order valence-electron chi connectivity index (χ2n) is 8.77. The van der Waals surface area contributed by atoms with Crippen molar-refractivity contribution in [2.24, 2.45) is 5.92 Å². The van der Waals surface area contributed by atoms with Gasteiger partial charge >= 0.3 is 0 Å². The van der Waals surface area contributed by atoms with Crippen LogP contribution in [-0.4, -0.2) is 28.2 Å². The molecule has 1 saturated heterocycles. The highest BCUT2D eigenvalue weighted by Gasteiger charge is 2.34. The summed E-state index contributed by atoms with van der Waals surface area (Å²) in [6.07, 6.45) is 2.40. The van der Waals surface area contributed by atoms with E-state index in [1.807, 2.05) is 72.8 Å². The molecule has 0 radical (unpaired) electrons. The minimum atomic E-state index is -0.820. The standard InChI is InChI=1S/C28H32FNO2/c29-24-16-14-21(15-17-24)26(30-18-8-3-9-19-30)20-25(27(31)22-10-4-1-5-11-22)28(32)23-12-6-2-7-13-23/h1-2,4-7,10-17,25-28,31-32H,3,8-9,18-20H2. The molecule has 3 aromatic carbocycles. The molecule has 3 aromatic rings. The van der Waals surface area contributed by atoms with Crippen molar-refractivity contribution < 1.29 is 14.6 Å². The van der Waals surface area contributed by atoms with Crippen LogP contribution >= 0.6 is 0 Å². The van der Waals surface area contributed by atoms with E-state index in [0.29, 0.717) is 6.42 Å². The fraction of sp³-hybridized carbons (Fsp3) is 0.357. The Morgan fingerprint density at radius 2 is 1.16 bits per heavy atom. The van der Waals surface area contributed by atoms with Crippen molar-refractivity contribution in [3.05, 3.63) is 107 Å². The largest absolute Gasteiger partial charge is 0.388 e. The van der Waals surface area contributed by atoms with Crippen LogP contribution in [0.1, 0.15) is 60.6 Å². The van der Waals surface area contributed by atoms with Gasteiger partial charge in [-0.3, -0.25) is 4.90 Å². The Bertz CT molecular complexity index is 897. The maximum absolute atomic E-state index is 13.7. The van der Waals surface area contributed by atoms with Gasteiger partial charge < -0.3 is 10.2 Å². The van der Waals surface area contributed by atoms with E-state index in [0.717, 1.165) is 42.6 Å². The summed E-state index contributed by atoms with van der Waals surface area (Å²) in [6.45, 7) is 1.94. The zero-order valence-corrected chi connectivity index (χ0v) is 18.4. The number of nitrogens with zero attached hydrogens (tertiary/aromatic N) is 1. The summed E-state index contributed by atoms with van der Waals surface area (Å²) >= 11 is 0. The average Bonchev–Trinajstić information content (AvgIpc) is 2.86. The summed E-state index contributed by atoms with van der Waals surface area (Å²) < 4.78 is 13.7. The van der Waals surface area contributed by atoms with Crippen molar-refractivity contribution in [2.45, 2.75) is 43.9 Å². The molecule has 1 aliphatic heterocycles. The first kappa shape index (κ1) is 22.7. The predicted octanol–water partition coefficient (Wildman–Crippen LogP) is 5.83. The molecule has 0 spiro atoms. The number of hydrogen-bond donors (Lipinski definition) is 2. The maximum Gasteiger partial charge on any atom is 0.123 e. The molecule has 1 fully saturated rings. The van der Waals surface area contributed by atoms with Crippen molar-refractivity contribution in [1.29, 1.82) is 0 Å². The third-order valence-corrected chi connectivity index (χ3v) is 6.67. The summed E-state index contributed by atoms with van der Waals surface area (Å²) in [5.41, 5.74) is 2.62. The first-order chi connectivity index (χ1) is 15.6. The predicted molar refractivity (Wildman–Crippen MR) is 125 cm³/mol. The summed E-state index contributed by atoms with van der Waals surface area (Å²) in [4.78, 5) is 2.43. The smallest absolute Gasteiger partial charge is 0.123 e. The third-order valence-electron chi connectivity index (χ3n) is 6.67. The molecule has 32 heavy (non-hydrogen) atoms. The second-order valence-corrected chi connectivity index (χ2v) is 8.77. The molecule has 0 amide bonds. The maximum atomic E-state index is 13.7. The van der Waals surface area contributed by atoms with Crippen LogP contribution in [0.2, 0.25) is 0 Å². The van der Waals surface area contributed by atoms with Crippen LogP contribution in [0.3, 0.4) is 0 Å². The quantitative estimate of drug-likeness (QED) is 0.470. The van der Waals surface area contributed by atoms with E-state index in [9.17, 15) is 14.6 Å². The van der Waals surface area contributed by atoms with Gasteiger partial charge in [-0.1, -0.05) is 79.2 Å². The molecule has 1 aliphatic rings. The molecule has 2 N–H and O–H groups in total. The highest BCUT2D eigenvalue weighted by molar-refractivity contribution is 5.25. The Labute approximate surface area is 190 Å². The van der Waals surface area contributed by atoms with Gasteiger partial charge in [-0.2, -0.15) is 0 Å². The number of likely N-dealkylation sites (tertiary alicyclic amines) is 1. The van der Waals surface area contributed by atoms with Crippen molar-refractivity contribution in [3.63, 3.8) is 0 Å².